The summed E-state index contributed by atoms with van der Waals surface area (Å²) >= 11 is 3.63. The minimum Gasteiger partial charge on any atom is -0.310 e. The zero-order valence-corrected chi connectivity index (χ0v) is 15.8. The normalized spacial score (nSPS) is 14.1. The van der Waals surface area contributed by atoms with Gasteiger partial charge in [-0.3, -0.25) is 0 Å². The van der Waals surface area contributed by atoms with Gasteiger partial charge < -0.3 is 5.32 Å². The molecule has 0 radical (unpaired) electrons. The van der Waals surface area contributed by atoms with E-state index in [0.29, 0.717) is 6.04 Å². The highest BCUT2D eigenvalue weighted by Crippen LogP contribution is 2.30. The lowest BCUT2D eigenvalue weighted by Gasteiger charge is -2.26. The van der Waals surface area contributed by atoms with E-state index < -0.39 is 0 Å². The monoisotopic (exact) mass is 353 g/mol. The van der Waals surface area contributed by atoms with Gasteiger partial charge in [0.25, 0.3) is 0 Å². The van der Waals surface area contributed by atoms with E-state index in [-0.39, 0.29) is 0 Å². The van der Waals surface area contributed by atoms with Crippen molar-refractivity contribution in [3.8, 4) is 0 Å². The Kier molecular flexibility index (Phi) is 9.26. The maximum atomic E-state index is 3.77. The van der Waals surface area contributed by atoms with E-state index in [4.69, 9.17) is 0 Å². The molecule has 0 amide bonds. The zero-order valence-electron chi connectivity index (χ0n) is 14.2. The highest BCUT2D eigenvalue weighted by Gasteiger charge is 2.18. The fourth-order valence-corrected chi connectivity index (χ4v) is 3.32. The first-order valence-corrected chi connectivity index (χ1v) is 9.41. The Morgan fingerprint density at radius 1 is 1.14 bits per heavy atom. The first-order chi connectivity index (χ1) is 10.1. The molecule has 0 saturated heterocycles. The van der Waals surface area contributed by atoms with Gasteiger partial charge in [-0.2, -0.15) is 0 Å². The number of rotatable bonds is 10. The molecule has 0 fully saturated rings. The second-order valence-corrected chi connectivity index (χ2v) is 7.08. The SMILES string of the molecule is CCCCC(CC)CC(NCCC)c1cc(Br)ccc1C. The molecule has 0 aromatic heterocycles. The molecular formula is C19H32BrN. The predicted octanol–water partition coefficient (Wildman–Crippen LogP) is 6.40. The molecule has 2 unspecified atom stereocenters. The van der Waals surface area contributed by atoms with Crippen molar-refractivity contribution in [2.24, 2.45) is 5.92 Å². The summed E-state index contributed by atoms with van der Waals surface area (Å²) in [7, 11) is 0. The Hall–Kier alpha value is -0.340. The highest BCUT2D eigenvalue weighted by molar-refractivity contribution is 9.10. The summed E-state index contributed by atoms with van der Waals surface area (Å²) in [6, 6.07) is 7.16. The molecule has 21 heavy (non-hydrogen) atoms. The number of benzene rings is 1. The average Bonchev–Trinajstić information content (AvgIpc) is 2.49. The van der Waals surface area contributed by atoms with E-state index in [1.54, 1.807) is 0 Å². The van der Waals surface area contributed by atoms with Gasteiger partial charge in [0.05, 0.1) is 0 Å². The standard InChI is InChI=1S/C19H32BrN/c1-5-8-9-16(7-3)13-19(21-12-6-2)18-14-17(20)11-10-15(18)4/h10-11,14,16,19,21H,5-9,12-13H2,1-4H3. The van der Waals surface area contributed by atoms with Crippen molar-refractivity contribution in [3.05, 3.63) is 33.8 Å². The largest absolute Gasteiger partial charge is 0.310 e. The number of aryl methyl sites for hydroxylation is 1. The number of halogens is 1. The minimum absolute atomic E-state index is 0.490. The van der Waals surface area contributed by atoms with Crippen LogP contribution >= 0.6 is 15.9 Å². The van der Waals surface area contributed by atoms with E-state index in [1.165, 1.54) is 54.1 Å². The molecule has 0 aliphatic carbocycles. The lowest BCUT2D eigenvalue weighted by Crippen LogP contribution is -2.25. The van der Waals surface area contributed by atoms with Crippen LogP contribution in [0.1, 0.15) is 76.5 Å². The molecule has 0 aliphatic heterocycles. The fraction of sp³-hybridized carbons (Fsp3) is 0.684. The highest BCUT2D eigenvalue weighted by atomic mass is 79.9. The van der Waals surface area contributed by atoms with E-state index in [1.807, 2.05) is 0 Å². The van der Waals surface area contributed by atoms with Gasteiger partial charge in [-0.25, -0.2) is 0 Å². The number of hydrogen-bond acceptors (Lipinski definition) is 1. The van der Waals surface area contributed by atoms with Gasteiger partial charge in [-0.1, -0.05) is 68.5 Å². The van der Waals surface area contributed by atoms with Crippen LogP contribution in [0.5, 0.6) is 0 Å². The van der Waals surface area contributed by atoms with E-state index in [9.17, 15) is 0 Å². The molecule has 1 nitrogen and oxygen atoms in total. The lowest BCUT2D eigenvalue weighted by atomic mass is 9.88. The van der Waals surface area contributed by atoms with Crippen LogP contribution in [-0.2, 0) is 0 Å². The zero-order chi connectivity index (χ0) is 15.7. The summed E-state index contributed by atoms with van der Waals surface area (Å²) < 4.78 is 1.19. The van der Waals surface area contributed by atoms with Crippen molar-refractivity contribution in [3.63, 3.8) is 0 Å². The van der Waals surface area contributed by atoms with Crippen LogP contribution in [0.3, 0.4) is 0 Å². The third-order valence-corrected chi connectivity index (χ3v) is 4.86. The molecule has 1 rings (SSSR count). The summed E-state index contributed by atoms with van der Waals surface area (Å²) in [6.07, 6.45) is 7.76. The van der Waals surface area contributed by atoms with Crippen LogP contribution < -0.4 is 5.32 Å². The Morgan fingerprint density at radius 2 is 1.90 bits per heavy atom. The molecule has 0 heterocycles. The Labute approximate surface area is 140 Å². The van der Waals surface area contributed by atoms with Gasteiger partial charge in [-0.15, -0.1) is 0 Å². The molecule has 2 atom stereocenters. The first kappa shape index (κ1) is 18.7. The molecule has 1 N–H and O–H groups in total. The number of hydrogen-bond donors (Lipinski definition) is 1. The molecule has 2 heteroatoms. The second kappa shape index (κ2) is 10.4. The van der Waals surface area contributed by atoms with Crippen LogP contribution in [0.15, 0.2) is 22.7 Å². The van der Waals surface area contributed by atoms with Gasteiger partial charge in [0.2, 0.25) is 0 Å². The van der Waals surface area contributed by atoms with Crippen LogP contribution in [0.2, 0.25) is 0 Å². The molecule has 1 aromatic rings. The third-order valence-electron chi connectivity index (χ3n) is 4.37. The molecule has 1 aromatic carbocycles. The summed E-state index contributed by atoms with van der Waals surface area (Å²) in [5.74, 6) is 0.831. The molecule has 0 bridgehead atoms. The Balaban J connectivity index is 2.85. The summed E-state index contributed by atoms with van der Waals surface area (Å²) in [4.78, 5) is 0. The molecule has 0 aliphatic rings. The van der Waals surface area contributed by atoms with Crippen molar-refractivity contribution >= 4 is 15.9 Å². The quantitative estimate of drug-likeness (QED) is 0.512. The van der Waals surface area contributed by atoms with E-state index in [0.717, 1.165) is 12.5 Å². The lowest BCUT2D eigenvalue weighted by molar-refractivity contribution is 0.353. The van der Waals surface area contributed by atoms with Crippen LogP contribution in [-0.4, -0.2) is 6.54 Å². The molecule has 120 valence electrons. The van der Waals surface area contributed by atoms with Crippen molar-refractivity contribution in [2.45, 2.75) is 72.3 Å². The van der Waals surface area contributed by atoms with Crippen molar-refractivity contribution in [1.82, 2.24) is 5.32 Å². The summed E-state index contributed by atoms with van der Waals surface area (Å²) in [6.45, 7) is 10.2. The molecule has 0 saturated carbocycles. The summed E-state index contributed by atoms with van der Waals surface area (Å²) in [5.41, 5.74) is 2.87. The van der Waals surface area contributed by atoms with E-state index >= 15 is 0 Å². The maximum Gasteiger partial charge on any atom is 0.0325 e. The maximum absolute atomic E-state index is 3.77. The molecular weight excluding hydrogens is 322 g/mol. The Bertz CT molecular complexity index is 403. The van der Waals surface area contributed by atoms with Crippen molar-refractivity contribution in [1.29, 1.82) is 0 Å². The van der Waals surface area contributed by atoms with Crippen LogP contribution in [0, 0.1) is 12.8 Å². The number of nitrogens with one attached hydrogen (secondary N) is 1. The third kappa shape index (κ3) is 6.52. The van der Waals surface area contributed by atoms with Gasteiger partial charge in [0.1, 0.15) is 0 Å². The van der Waals surface area contributed by atoms with Crippen LogP contribution in [0.25, 0.3) is 0 Å². The van der Waals surface area contributed by atoms with Crippen molar-refractivity contribution < 1.29 is 0 Å². The van der Waals surface area contributed by atoms with Gasteiger partial charge in [0.15, 0.2) is 0 Å². The first-order valence-electron chi connectivity index (χ1n) is 8.61. The van der Waals surface area contributed by atoms with Gasteiger partial charge in [-0.05, 0) is 55.5 Å². The smallest absolute Gasteiger partial charge is 0.0325 e. The minimum atomic E-state index is 0.490. The predicted molar refractivity (Wildman–Crippen MR) is 97.8 cm³/mol. The second-order valence-electron chi connectivity index (χ2n) is 6.16. The van der Waals surface area contributed by atoms with Crippen molar-refractivity contribution in [2.75, 3.05) is 6.54 Å². The fourth-order valence-electron chi connectivity index (χ4n) is 2.94. The average molecular weight is 354 g/mol. The van der Waals surface area contributed by atoms with E-state index in [2.05, 4.69) is 67.1 Å². The van der Waals surface area contributed by atoms with Gasteiger partial charge >= 0.3 is 0 Å². The Morgan fingerprint density at radius 3 is 2.52 bits per heavy atom. The van der Waals surface area contributed by atoms with Crippen LogP contribution in [0.4, 0.5) is 0 Å². The number of unbranched alkanes of at least 4 members (excludes halogenated alkanes) is 1. The topological polar surface area (TPSA) is 12.0 Å². The molecule has 0 spiro atoms. The summed E-state index contributed by atoms with van der Waals surface area (Å²) in [5, 5.41) is 3.77. The van der Waals surface area contributed by atoms with Gasteiger partial charge in [0, 0.05) is 10.5 Å².